The molecule has 0 radical (unpaired) electrons. The molecule has 0 spiro atoms. The summed E-state index contributed by atoms with van der Waals surface area (Å²) >= 11 is 0. The van der Waals surface area contributed by atoms with Gasteiger partial charge in [0.15, 0.2) is 11.6 Å². The van der Waals surface area contributed by atoms with E-state index in [4.69, 9.17) is 9.57 Å². The van der Waals surface area contributed by atoms with Crippen molar-refractivity contribution >= 4 is 29.5 Å². The van der Waals surface area contributed by atoms with Gasteiger partial charge in [-0.3, -0.25) is 4.79 Å². The molecular weight excluding hydrogens is 496 g/mol. The second-order valence-electron chi connectivity index (χ2n) is 10.2. The van der Waals surface area contributed by atoms with E-state index in [-0.39, 0.29) is 23.7 Å². The Morgan fingerprint density at radius 3 is 2.64 bits per heavy atom. The van der Waals surface area contributed by atoms with Crippen molar-refractivity contribution < 1.29 is 19.2 Å². The van der Waals surface area contributed by atoms with Crippen LogP contribution in [0, 0.1) is 12.8 Å². The number of hydrogen-bond acceptors (Lipinski definition) is 8. The van der Waals surface area contributed by atoms with Gasteiger partial charge in [-0.15, -0.1) is 0 Å². The number of anilines is 2. The van der Waals surface area contributed by atoms with E-state index in [1.54, 1.807) is 30.3 Å². The van der Waals surface area contributed by atoms with E-state index >= 15 is 0 Å². The van der Waals surface area contributed by atoms with E-state index in [0.29, 0.717) is 18.4 Å². The van der Waals surface area contributed by atoms with Crippen LogP contribution in [-0.2, 0) is 16.2 Å². The van der Waals surface area contributed by atoms with Crippen LogP contribution in [-0.4, -0.2) is 70.3 Å². The zero-order chi connectivity index (χ0) is 28.2. The van der Waals surface area contributed by atoms with Crippen LogP contribution in [0.2, 0.25) is 0 Å². The molecule has 2 aliphatic heterocycles. The zero-order valence-electron chi connectivity index (χ0n) is 23.6. The van der Waals surface area contributed by atoms with Gasteiger partial charge in [-0.05, 0) is 64.6 Å². The zero-order valence-corrected chi connectivity index (χ0v) is 23.6. The number of aryl methyl sites for hydroxylation is 1. The van der Waals surface area contributed by atoms with Crippen LogP contribution < -0.4 is 9.64 Å². The fourth-order valence-corrected chi connectivity index (χ4v) is 4.31. The number of nitrogens with zero attached hydrogens (tertiary/aromatic N) is 6. The largest absolute Gasteiger partial charge is 0.417 e. The molecule has 4 aliphatic rings. The lowest BCUT2D eigenvalue weighted by Crippen LogP contribution is -2.46. The first-order valence-corrected chi connectivity index (χ1v) is 13.5. The number of benzene rings is 1. The number of rotatable bonds is 7. The van der Waals surface area contributed by atoms with E-state index in [0.717, 1.165) is 42.6 Å². The Kier molecular flexibility index (Phi) is 8.64. The fourth-order valence-electron chi connectivity index (χ4n) is 4.31. The summed E-state index contributed by atoms with van der Waals surface area (Å²) in [6.45, 7) is 8.91. The number of hydrogen-bond donors (Lipinski definition) is 0. The Morgan fingerprint density at radius 1 is 1.28 bits per heavy atom. The van der Waals surface area contributed by atoms with Gasteiger partial charge in [0.1, 0.15) is 0 Å². The van der Waals surface area contributed by atoms with Gasteiger partial charge in [0.05, 0.1) is 24.4 Å². The van der Waals surface area contributed by atoms with Gasteiger partial charge < -0.3 is 19.4 Å². The van der Waals surface area contributed by atoms with Crippen molar-refractivity contribution in [2.45, 2.75) is 65.3 Å². The van der Waals surface area contributed by atoms with Gasteiger partial charge in [0, 0.05) is 30.8 Å². The number of carbonyl (C=O) groups excluding carboxylic acids is 2. The van der Waals surface area contributed by atoms with Crippen molar-refractivity contribution in [2.75, 3.05) is 25.5 Å². The average Bonchev–Trinajstić information content (AvgIpc) is 3.82. The first-order valence-electron chi connectivity index (χ1n) is 13.5. The van der Waals surface area contributed by atoms with Crippen LogP contribution >= 0.6 is 0 Å². The fraction of sp³-hybridized carbons (Fsp3) is 0.483. The van der Waals surface area contributed by atoms with Crippen LogP contribution in [0.25, 0.3) is 0 Å². The molecule has 10 heteroatoms. The third-order valence-electron chi connectivity index (χ3n) is 6.50. The summed E-state index contributed by atoms with van der Waals surface area (Å²) in [5, 5.41) is 3.81. The highest BCUT2D eigenvalue weighted by molar-refractivity contribution is 6.01. The number of fused-ring (bicyclic) bond motifs is 2. The molecule has 2 fully saturated rings. The number of aromatic nitrogens is 2. The van der Waals surface area contributed by atoms with Gasteiger partial charge in [0.25, 0.3) is 5.79 Å². The van der Waals surface area contributed by atoms with Gasteiger partial charge in [-0.1, -0.05) is 37.2 Å². The Balaban J connectivity index is 0.000000277. The van der Waals surface area contributed by atoms with Crippen LogP contribution in [0.4, 0.5) is 16.3 Å². The molecular formula is C29H38N6O4. The Labute approximate surface area is 230 Å². The van der Waals surface area contributed by atoms with Gasteiger partial charge in [0.2, 0.25) is 0 Å². The van der Waals surface area contributed by atoms with Gasteiger partial charge in [-0.25, -0.2) is 14.7 Å². The molecule has 2 amide bonds. The number of allylic oxidation sites excluding steroid dienone is 1. The van der Waals surface area contributed by atoms with E-state index in [9.17, 15) is 9.59 Å². The first-order chi connectivity index (χ1) is 18.8. The van der Waals surface area contributed by atoms with Crippen molar-refractivity contribution in [3.63, 3.8) is 0 Å². The maximum absolute atomic E-state index is 13.3. The van der Waals surface area contributed by atoms with Crippen molar-refractivity contribution in [1.29, 1.82) is 0 Å². The Hall–Kier alpha value is -3.79. The second kappa shape index (κ2) is 11.9. The lowest BCUT2D eigenvalue weighted by atomic mass is 10.1. The van der Waals surface area contributed by atoms with Crippen molar-refractivity contribution in [1.82, 2.24) is 19.8 Å². The lowest BCUT2D eigenvalue weighted by molar-refractivity contribution is -0.112. The van der Waals surface area contributed by atoms with Gasteiger partial charge in [-0.2, -0.15) is 4.98 Å². The number of amides is 2. The van der Waals surface area contributed by atoms with E-state index < -0.39 is 5.79 Å². The summed E-state index contributed by atoms with van der Waals surface area (Å²) in [6, 6.07) is 8.34. The quantitative estimate of drug-likeness (QED) is 0.468. The van der Waals surface area contributed by atoms with Crippen LogP contribution in [0.1, 0.15) is 51.2 Å². The van der Waals surface area contributed by atoms with Gasteiger partial charge >= 0.3 is 12.0 Å². The van der Waals surface area contributed by atoms with Crippen LogP contribution in [0.3, 0.4) is 0 Å². The molecule has 0 bridgehead atoms. The highest BCUT2D eigenvalue weighted by atomic mass is 16.8. The second-order valence-corrected chi connectivity index (χ2v) is 10.2. The number of ketones is 1. The molecule has 1 aromatic carbocycles. The third-order valence-corrected chi connectivity index (χ3v) is 6.50. The number of urea groups is 1. The summed E-state index contributed by atoms with van der Waals surface area (Å²) < 4.78 is 5.91. The maximum atomic E-state index is 13.3. The Morgan fingerprint density at radius 2 is 2.05 bits per heavy atom. The summed E-state index contributed by atoms with van der Waals surface area (Å²) in [5.41, 5.74) is 2.79. The molecule has 2 aromatic rings. The third kappa shape index (κ3) is 6.62. The molecule has 6 rings (SSSR count). The smallest absolute Gasteiger partial charge is 0.330 e. The monoisotopic (exact) mass is 534 g/mol. The molecule has 39 heavy (non-hydrogen) atoms. The van der Waals surface area contributed by atoms with Crippen LogP contribution in [0.5, 0.6) is 6.01 Å². The number of carbonyl (C=O) groups is 2. The molecule has 2 aliphatic carbocycles. The molecule has 10 nitrogen and oxygen atoms in total. The lowest BCUT2D eigenvalue weighted by Gasteiger charge is -2.36. The van der Waals surface area contributed by atoms with E-state index in [2.05, 4.69) is 15.1 Å². The Bertz CT molecular complexity index is 1260. The SMILES string of the molecule is CC.CC(=O)/C=C/CN(C)C.Cc1cccc(N2C(=O)N(C3CC3)Cc3cnc(OC45CC4C=NO5)nc32)c1. The molecule has 2 unspecified atom stereocenters. The highest BCUT2D eigenvalue weighted by Gasteiger charge is 2.64. The molecule has 3 heterocycles. The minimum absolute atomic E-state index is 0.0480. The topological polar surface area (TPSA) is 100 Å². The van der Waals surface area contributed by atoms with E-state index in [1.807, 2.05) is 75.0 Å². The standard InChI is InChI=1S/C20H19N5O3.C7H13NO.C2H6/c1-12-3-2-4-16(7-12)25-17-13(11-24(19(25)26)15-5-6-15)9-21-18(23-17)27-20-8-14(20)10-22-28-20;1-7(9)5-4-6-8(2)3;1-2/h2-4,7,9-10,14-15H,5-6,8,11H2,1H3;4-5H,6H2,1-3H3;1-2H3/b;5-4+;. The molecule has 1 aromatic heterocycles. The summed E-state index contributed by atoms with van der Waals surface area (Å²) in [4.78, 5) is 43.6. The number of oxime groups is 1. The summed E-state index contributed by atoms with van der Waals surface area (Å²) in [7, 11) is 3.93. The first kappa shape index (κ1) is 28.2. The van der Waals surface area contributed by atoms with E-state index in [1.165, 1.54) is 0 Å². The molecule has 0 saturated heterocycles. The maximum Gasteiger partial charge on any atom is 0.330 e. The molecule has 0 N–H and O–H groups in total. The highest BCUT2D eigenvalue weighted by Crippen LogP contribution is 2.50. The van der Waals surface area contributed by atoms with Crippen molar-refractivity contribution in [2.24, 2.45) is 11.1 Å². The van der Waals surface area contributed by atoms with Crippen molar-refractivity contribution in [3.8, 4) is 6.01 Å². The molecule has 208 valence electrons. The number of ether oxygens (including phenoxy) is 1. The molecule has 2 atom stereocenters. The average molecular weight is 535 g/mol. The predicted octanol–water partition coefficient (Wildman–Crippen LogP) is 4.85. The minimum atomic E-state index is -0.763. The number of likely N-dealkylation sites (N-methyl/N-ethyl adjacent to an activating group) is 1. The van der Waals surface area contributed by atoms with Crippen molar-refractivity contribution in [3.05, 3.63) is 53.7 Å². The predicted molar refractivity (Wildman–Crippen MR) is 150 cm³/mol. The normalized spacial score (nSPS) is 22.3. The molecule has 2 saturated carbocycles. The minimum Gasteiger partial charge on any atom is -0.417 e. The summed E-state index contributed by atoms with van der Waals surface area (Å²) in [5.74, 6) is 0.0649. The summed E-state index contributed by atoms with van der Waals surface area (Å²) in [6.07, 6.45) is 9.77. The van der Waals surface area contributed by atoms with Crippen LogP contribution in [0.15, 0.2) is 47.8 Å².